The first-order valence-electron chi connectivity index (χ1n) is 6.29. The molecule has 0 aliphatic carbocycles. The molecule has 4 nitrogen and oxygen atoms in total. The van der Waals surface area contributed by atoms with Crippen LogP contribution in [0.3, 0.4) is 0 Å². The molecule has 0 radical (unpaired) electrons. The standard InChI is InChI=1S/C15H12F2N2O2/c1-9(10-2-5-14-15(6-10)21-8-20-14)18-19-13-4-3-11(16)7-12(13)17/h2-7,19H,8H2,1H3/b18-9-. The molecule has 0 bridgehead atoms. The number of ether oxygens (including phenoxy) is 2. The minimum atomic E-state index is -0.697. The average Bonchev–Trinajstić information content (AvgIpc) is 2.93. The molecule has 1 aliphatic heterocycles. The highest BCUT2D eigenvalue weighted by Gasteiger charge is 2.14. The molecule has 1 N–H and O–H groups in total. The molecule has 0 saturated heterocycles. The largest absolute Gasteiger partial charge is 0.454 e. The van der Waals surface area contributed by atoms with Crippen LogP contribution in [0.1, 0.15) is 12.5 Å². The molecule has 2 aromatic rings. The Bertz CT molecular complexity index is 717. The van der Waals surface area contributed by atoms with Crippen molar-refractivity contribution in [3.05, 3.63) is 53.6 Å². The molecule has 0 amide bonds. The van der Waals surface area contributed by atoms with Crippen LogP contribution in [0.25, 0.3) is 0 Å². The highest BCUT2D eigenvalue weighted by atomic mass is 19.1. The zero-order valence-corrected chi connectivity index (χ0v) is 11.2. The molecule has 1 heterocycles. The molecule has 0 unspecified atom stereocenters. The van der Waals surface area contributed by atoms with Crippen LogP contribution in [0.2, 0.25) is 0 Å². The highest BCUT2D eigenvalue weighted by Crippen LogP contribution is 2.32. The normalized spacial score (nSPS) is 13.4. The molecule has 21 heavy (non-hydrogen) atoms. The van der Waals surface area contributed by atoms with E-state index < -0.39 is 11.6 Å². The van der Waals surface area contributed by atoms with Crippen molar-refractivity contribution in [2.24, 2.45) is 5.10 Å². The van der Waals surface area contributed by atoms with Gasteiger partial charge in [0.25, 0.3) is 0 Å². The minimum Gasteiger partial charge on any atom is -0.454 e. The summed E-state index contributed by atoms with van der Waals surface area (Å²) in [5.41, 5.74) is 4.14. The lowest BCUT2D eigenvalue weighted by molar-refractivity contribution is 0.174. The van der Waals surface area contributed by atoms with Gasteiger partial charge < -0.3 is 9.47 Å². The van der Waals surface area contributed by atoms with E-state index in [1.807, 2.05) is 6.07 Å². The minimum absolute atomic E-state index is 0.108. The predicted molar refractivity (Wildman–Crippen MR) is 74.8 cm³/mol. The summed E-state index contributed by atoms with van der Waals surface area (Å²) in [6.07, 6.45) is 0. The van der Waals surface area contributed by atoms with Gasteiger partial charge in [0.2, 0.25) is 6.79 Å². The number of benzene rings is 2. The highest BCUT2D eigenvalue weighted by molar-refractivity contribution is 5.99. The van der Waals surface area contributed by atoms with Crippen LogP contribution in [-0.4, -0.2) is 12.5 Å². The number of hydrazone groups is 1. The van der Waals surface area contributed by atoms with E-state index >= 15 is 0 Å². The lowest BCUT2D eigenvalue weighted by Gasteiger charge is -2.05. The van der Waals surface area contributed by atoms with Gasteiger partial charge in [-0.05, 0) is 37.3 Å². The smallest absolute Gasteiger partial charge is 0.231 e. The Morgan fingerprint density at radius 1 is 1.10 bits per heavy atom. The molecule has 0 aromatic heterocycles. The van der Waals surface area contributed by atoms with Crippen molar-refractivity contribution >= 4 is 11.4 Å². The zero-order valence-electron chi connectivity index (χ0n) is 11.2. The first-order chi connectivity index (χ1) is 10.1. The summed E-state index contributed by atoms with van der Waals surface area (Å²) >= 11 is 0. The van der Waals surface area contributed by atoms with Gasteiger partial charge in [-0.1, -0.05) is 0 Å². The van der Waals surface area contributed by atoms with Gasteiger partial charge >= 0.3 is 0 Å². The van der Waals surface area contributed by atoms with E-state index in [2.05, 4.69) is 10.5 Å². The van der Waals surface area contributed by atoms with Crippen LogP contribution < -0.4 is 14.9 Å². The monoisotopic (exact) mass is 290 g/mol. The predicted octanol–water partition coefficient (Wildman–Crippen LogP) is 3.53. The van der Waals surface area contributed by atoms with Crippen molar-refractivity contribution in [3.8, 4) is 11.5 Å². The molecule has 0 saturated carbocycles. The van der Waals surface area contributed by atoms with Gasteiger partial charge in [0.1, 0.15) is 5.82 Å². The first kappa shape index (κ1) is 13.4. The maximum Gasteiger partial charge on any atom is 0.231 e. The van der Waals surface area contributed by atoms with E-state index in [-0.39, 0.29) is 12.5 Å². The van der Waals surface area contributed by atoms with Crippen molar-refractivity contribution in [2.75, 3.05) is 12.2 Å². The maximum absolute atomic E-state index is 13.5. The second kappa shape index (κ2) is 5.40. The fourth-order valence-corrected chi connectivity index (χ4v) is 1.91. The van der Waals surface area contributed by atoms with Crippen LogP contribution in [0.4, 0.5) is 14.5 Å². The molecule has 0 atom stereocenters. The van der Waals surface area contributed by atoms with Gasteiger partial charge in [-0.15, -0.1) is 0 Å². The SMILES string of the molecule is C/C(=N/Nc1ccc(F)cc1F)c1ccc2c(c1)OCO2. The summed E-state index contributed by atoms with van der Waals surface area (Å²) < 4.78 is 36.8. The van der Waals surface area contributed by atoms with Crippen LogP contribution in [0.15, 0.2) is 41.5 Å². The van der Waals surface area contributed by atoms with Crippen LogP contribution in [0.5, 0.6) is 11.5 Å². The molecule has 6 heteroatoms. The van der Waals surface area contributed by atoms with Gasteiger partial charge in [0.05, 0.1) is 11.4 Å². The van der Waals surface area contributed by atoms with Crippen LogP contribution in [-0.2, 0) is 0 Å². The second-order valence-corrected chi connectivity index (χ2v) is 4.50. The molecule has 108 valence electrons. The van der Waals surface area contributed by atoms with E-state index in [0.29, 0.717) is 17.2 Å². The summed E-state index contributed by atoms with van der Waals surface area (Å²) in [6, 6.07) is 8.67. The van der Waals surface area contributed by atoms with Crippen molar-refractivity contribution < 1.29 is 18.3 Å². The Labute approximate surface area is 120 Å². The Morgan fingerprint density at radius 2 is 1.90 bits per heavy atom. The fourth-order valence-electron chi connectivity index (χ4n) is 1.91. The number of nitrogens with one attached hydrogen (secondary N) is 1. The third kappa shape index (κ3) is 2.79. The molecule has 0 fully saturated rings. The topological polar surface area (TPSA) is 42.9 Å². The van der Waals surface area contributed by atoms with Gasteiger partial charge in [-0.3, -0.25) is 5.43 Å². The first-order valence-corrected chi connectivity index (χ1v) is 6.29. The quantitative estimate of drug-likeness (QED) is 0.694. The Hall–Kier alpha value is -2.63. The number of nitrogens with zero attached hydrogens (tertiary/aromatic N) is 1. The van der Waals surface area contributed by atoms with Gasteiger partial charge in [0, 0.05) is 11.6 Å². The van der Waals surface area contributed by atoms with E-state index in [0.717, 1.165) is 17.7 Å². The molecule has 3 rings (SSSR count). The van der Waals surface area contributed by atoms with E-state index in [1.165, 1.54) is 6.07 Å². The molecule has 2 aromatic carbocycles. The molecule has 0 spiro atoms. The van der Waals surface area contributed by atoms with Gasteiger partial charge in [0.15, 0.2) is 17.3 Å². The Morgan fingerprint density at radius 3 is 2.71 bits per heavy atom. The molecular formula is C15H12F2N2O2. The lowest BCUT2D eigenvalue weighted by atomic mass is 10.1. The van der Waals surface area contributed by atoms with E-state index in [9.17, 15) is 8.78 Å². The third-order valence-electron chi connectivity index (χ3n) is 3.07. The maximum atomic E-state index is 13.5. The Kier molecular flexibility index (Phi) is 3.43. The van der Waals surface area contributed by atoms with Crippen molar-refractivity contribution in [1.82, 2.24) is 0 Å². The lowest BCUT2D eigenvalue weighted by Crippen LogP contribution is -2.01. The number of halogens is 2. The van der Waals surface area contributed by atoms with Gasteiger partial charge in [-0.25, -0.2) is 8.78 Å². The Balaban J connectivity index is 1.79. The summed E-state index contributed by atoms with van der Waals surface area (Å²) in [7, 11) is 0. The van der Waals surface area contributed by atoms with E-state index in [1.54, 1.807) is 19.1 Å². The average molecular weight is 290 g/mol. The summed E-state index contributed by atoms with van der Waals surface area (Å²) in [5, 5.41) is 4.09. The second-order valence-electron chi connectivity index (χ2n) is 4.50. The third-order valence-corrected chi connectivity index (χ3v) is 3.07. The molecular weight excluding hydrogens is 278 g/mol. The fraction of sp³-hybridized carbons (Fsp3) is 0.133. The van der Waals surface area contributed by atoms with Crippen molar-refractivity contribution in [1.29, 1.82) is 0 Å². The summed E-state index contributed by atoms with van der Waals surface area (Å²) in [5.74, 6) is 0.00543. The number of anilines is 1. The zero-order chi connectivity index (χ0) is 14.8. The number of rotatable bonds is 3. The summed E-state index contributed by atoms with van der Waals surface area (Å²) in [6.45, 7) is 1.97. The van der Waals surface area contributed by atoms with Crippen molar-refractivity contribution in [2.45, 2.75) is 6.92 Å². The number of hydrogen-bond acceptors (Lipinski definition) is 4. The molecule has 1 aliphatic rings. The number of fused-ring (bicyclic) bond motifs is 1. The van der Waals surface area contributed by atoms with Crippen LogP contribution in [0, 0.1) is 11.6 Å². The number of hydrogen-bond donors (Lipinski definition) is 1. The van der Waals surface area contributed by atoms with Crippen LogP contribution >= 0.6 is 0 Å². The van der Waals surface area contributed by atoms with Crippen molar-refractivity contribution in [3.63, 3.8) is 0 Å². The van der Waals surface area contributed by atoms with Gasteiger partial charge in [-0.2, -0.15) is 5.10 Å². The van der Waals surface area contributed by atoms with E-state index in [4.69, 9.17) is 9.47 Å². The summed E-state index contributed by atoms with van der Waals surface area (Å²) in [4.78, 5) is 0.